The summed E-state index contributed by atoms with van der Waals surface area (Å²) in [5.41, 5.74) is 6.30. The molecule has 1 rings (SSSR count). The van der Waals surface area contributed by atoms with E-state index in [2.05, 4.69) is 0 Å². The minimum atomic E-state index is -0.902. The van der Waals surface area contributed by atoms with Gasteiger partial charge in [0.2, 0.25) is 0 Å². The Balaban J connectivity index is 2.64. The zero-order chi connectivity index (χ0) is 9.14. The molecule has 3 N–H and O–H groups in total. The molecule has 0 radical (unpaired) electrons. The molecule has 0 amide bonds. The van der Waals surface area contributed by atoms with Crippen molar-refractivity contribution in [3.05, 3.63) is 23.7 Å². The second-order valence-electron chi connectivity index (χ2n) is 2.70. The monoisotopic (exact) mass is 169 g/mol. The van der Waals surface area contributed by atoms with Gasteiger partial charge in [-0.2, -0.15) is 0 Å². The molecule has 12 heavy (non-hydrogen) atoms. The maximum atomic E-state index is 10.3. The van der Waals surface area contributed by atoms with E-state index >= 15 is 0 Å². The summed E-state index contributed by atoms with van der Waals surface area (Å²) in [7, 11) is 0. The van der Waals surface area contributed by atoms with Gasteiger partial charge in [-0.1, -0.05) is 0 Å². The topological polar surface area (TPSA) is 76.5 Å². The molecule has 0 unspecified atom stereocenters. The molecule has 0 aliphatic carbocycles. The zero-order valence-corrected chi connectivity index (χ0v) is 6.78. The summed E-state index contributed by atoms with van der Waals surface area (Å²) in [4.78, 5) is 10.3. The van der Waals surface area contributed by atoms with Gasteiger partial charge in [-0.05, 0) is 13.0 Å². The van der Waals surface area contributed by atoms with Gasteiger partial charge >= 0.3 is 5.97 Å². The molecule has 0 saturated carbocycles. The van der Waals surface area contributed by atoms with Crippen molar-refractivity contribution in [2.75, 3.05) is 0 Å². The fraction of sp³-hybridized carbons (Fsp3) is 0.375. The van der Waals surface area contributed by atoms with Crippen LogP contribution in [0.2, 0.25) is 0 Å². The van der Waals surface area contributed by atoms with Gasteiger partial charge in [0.15, 0.2) is 0 Å². The smallest absolute Gasteiger partial charge is 0.305 e. The minimum Gasteiger partial charge on any atom is -0.481 e. The third kappa shape index (κ3) is 2.10. The van der Waals surface area contributed by atoms with Crippen LogP contribution in [0.15, 0.2) is 16.7 Å². The number of hydrogen-bond donors (Lipinski definition) is 2. The number of carbonyl (C=O) groups is 1. The lowest BCUT2D eigenvalue weighted by atomic mass is 10.1. The maximum Gasteiger partial charge on any atom is 0.305 e. The van der Waals surface area contributed by atoms with E-state index in [-0.39, 0.29) is 6.42 Å². The number of aliphatic carboxylic acids is 1. The molecule has 1 aromatic heterocycles. The van der Waals surface area contributed by atoms with Crippen LogP contribution in [0, 0.1) is 6.92 Å². The lowest BCUT2D eigenvalue weighted by Crippen LogP contribution is -2.14. The molecule has 0 spiro atoms. The third-order valence-corrected chi connectivity index (χ3v) is 1.57. The van der Waals surface area contributed by atoms with Gasteiger partial charge in [0.05, 0.1) is 12.7 Å². The van der Waals surface area contributed by atoms with Crippen molar-refractivity contribution in [1.29, 1.82) is 0 Å². The summed E-state index contributed by atoms with van der Waals surface area (Å²) in [5.74, 6) is -0.160. The van der Waals surface area contributed by atoms with Crippen molar-refractivity contribution in [2.24, 2.45) is 5.73 Å². The van der Waals surface area contributed by atoms with E-state index in [1.54, 1.807) is 13.0 Å². The van der Waals surface area contributed by atoms with Crippen LogP contribution in [-0.4, -0.2) is 11.1 Å². The Morgan fingerprint density at radius 2 is 2.50 bits per heavy atom. The molecule has 0 aliphatic heterocycles. The van der Waals surface area contributed by atoms with Crippen LogP contribution in [0.4, 0.5) is 0 Å². The highest BCUT2D eigenvalue weighted by Crippen LogP contribution is 2.16. The molecular weight excluding hydrogens is 158 g/mol. The predicted molar refractivity (Wildman–Crippen MR) is 42.6 cm³/mol. The van der Waals surface area contributed by atoms with Crippen LogP contribution in [0.5, 0.6) is 0 Å². The molecule has 66 valence electrons. The van der Waals surface area contributed by atoms with E-state index in [0.29, 0.717) is 0 Å². The van der Waals surface area contributed by atoms with Crippen LogP contribution in [-0.2, 0) is 4.79 Å². The molecule has 1 heterocycles. The van der Waals surface area contributed by atoms with E-state index in [0.717, 1.165) is 11.3 Å². The summed E-state index contributed by atoms with van der Waals surface area (Å²) in [5, 5.41) is 8.44. The van der Waals surface area contributed by atoms with Crippen LogP contribution in [0.25, 0.3) is 0 Å². The highest BCUT2D eigenvalue weighted by Gasteiger charge is 2.11. The summed E-state index contributed by atoms with van der Waals surface area (Å²) >= 11 is 0. The summed E-state index contributed by atoms with van der Waals surface area (Å²) in [6.45, 7) is 1.79. The van der Waals surface area contributed by atoms with Crippen molar-refractivity contribution in [2.45, 2.75) is 19.4 Å². The van der Waals surface area contributed by atoms with Crippen LogP contribution in [0.1, 0.15) is 23.8 Å². The number of nitrogens with two attached hydrogens (primary N) is 1. The summed E-state index contributed by atoms with van der Waals surface area (Å²) in [6.07, 6.45) is 1.42. The number of rotatable bonds is 3. The second-order valence-corrected chi connectivity index (χ2v) is 2.70. The highest BCUT2D eigenvalue weighted by atomic mass is 16.4. The average Bonchev–Trinajstić information content (AvgIpc) is 2.34. The van der Waals surface area contributed by atoms with Gasteiger partial charge in [0.25, 0.3) is 0 Å². The SMILES string of the molecule is Cc1cc([C@@H](N)CC(=O)O)co1. The van der Waals surface area contributed by atoms with Crippen LogP contribution < -0.4 is 5.73 Å². The molecule has 1 atom stereocenters. The number of carboxylic acids is 1. The molecule has 0 aromatic carbocycles. The van der Waals surface area contributed by atoms with E-state index in [1.807, 2.05) is 0 Å². The number of furan rings is 1. The number of hydrogen-bond acceptors (Lipinski definition) is 3. The Kier molecular flexibility index (Phi) is 2.50. The van der Waals surface area contributed by atoms with Crippen molar-refractivity contribution in [3.63, 3.8) is 0 Å². The van der Waals surface area contributed by atoms with Crippen molar-refractivity contribution in [3.8, 4) is 0 Å². The number of carboxylic acid groups (broad SMARTS) is 1. The highest BCUT2D eigenvalue weighted by molar-refractivity contribution is 5.67. The third-order valence-electron chi connectivity index (χ3n) is 1.57. The molecule has 0 saturated heterocycles. The molecule has 0 aliphatic rings. The van der Waals surface area contributed by atoms with Gasteiger partial charge in [0, 0.05) is 11.6 Å². The van der Waals surface area contributed by atoms with E-state index in [1.165, 1.54) is 6.26 Å². The summed E-state index contributed by atoms with van der Waals surface area (Å²) < 4.78 is 4.99. The van der Waals surface area contributed by atoms with Gasteiger partial charge in [-0.3, -0.25) is 4.79 Å². The Labute approximate surface area is 70.0 Å². The van der Waals surface area contributed by atoms with Gasteiger partial charge in [-0.25, -0.2) is 0 Å². The fourth-order valence-electron chi connectivity index (χ4n) is 0.964. The second kappa shape index (κ2) is 3.40. The first-order valence-corrected chi connectivity index (χ1v) is 3.62. The Morgan fingerprint density at radius 3 is 2.92 bits per heavy atom. The average molecular weight is 169 g/mol. The van der Waals surface area contributed by atoms with Gasteiger partial charge in [0.1, 0.15) is 5.76 Å². The van der Waals surface area contributed by atoms with Crippen LogP contribution >= 0.6 is 0 Å². The Morgan fingerprint density at radius 1 is 1.83 bits per heavy atom. The first-order valence-electron chi connectivity index (χ1n) is 3.62. The lowest BCUT2D eigenvalue weighted by Gasteiger charge is -2.03. The van der Waals surface area contributed by atoms with E-state index in [4.69, 9.17) is 15.3 Å². The normalized spacial score (nSPS) is 12.8. The zero-order valence-electron chi connectivity index (χ0n) is 6.78. The fourth-order valence-corrected chi connectivity index (χ4v) is 0.964. The largest absolute Gasteiger partial charge is 0.481 e. The Bertz CT molecular complexity index is 280. The molecular formula is C8H11NO3. The molecule has 4 nitrogen and oxygen atoms in total. The van der Waals surface area contributed by atoms with Crippen molar-refractivity contribution in [1.82, 2.24) is 0 Å². The molecule has 0 fully saturated rings. The first-order chi connectivity index (χ1) is 5.59. The van der Waals surface area contributed by atoms with E-state index in [9.17, 15) is 4.79 Å². The molecule has 1 aromatic rings. The van der Waals surface area contributed by atoms with Crippen molar-refractivity contribution >= 4 is 5.97 Å². The maximum absolute atomic E-state index is 10.3. The Hall–Kier alpha value is -1.29. The first kappa shape index (κ1) is 8.80. The standard InChI is InChI=1S/C8H11NO3/c1-5-2-6(4-12-5)7(9)3-8(10)11/h2,4,7H,3,9H2,1H3,(H,10,11)/t7-/m0/s1. The molecule has 4 heteroatoms. The predicted octanol–water partition coefficient (Wildman–Crippen LogP) is 1.06. The minimum absolute atomic E-state index is 0.0705. The quantitative estimate of drug-likeness (QED) is 0.709. The summed E-state index contributed by atoms with van der Waals surface area (Å²) in [6, 6.07) is 1.27. The number of aryl methyl sites for hydroxylation is 1. The van der Waals surface area contributed by atoms with E-state index < -0.39 is 12.0 Å². The van der Waals surface area contributed by atoms with Crippen LogP contribution in [0.3, 0.4) is 0 Å². The van der Waals surface area contributed by atoms with Crippen molar-refractivity contribution < 1.29 is 14.3 Å². The lowest BCUT2D eigenvalue weighted by molar-refractivity contribution is -0.137. The van der Waals surface area contributed by atoms with Gasteiger partial charge in [-0.15, -0.1) is 0 Å². The molecule has 0 bridgehead atoms. The van der Waals surface area contributed by atoms with Gasteiger partial charge < -0.3 is 15.3 Å².